The highest BCUT2D eigenvalue weighted by Crippen LogP contribution is 2.31. The summed E-state index contributed by atoms with van der Waals surface area (Å²) in [6.07, 6.45) is 6.23. The molecule has 2 aromatic heterocycles. The van der Waals surface area contributed by atoms with E-state index in [2.05, 4.69) is 20.1 Å². The molecule has 7 rings (SSSR count). The summed E-state index contributed by atoms with van der Waals surface area (Å²) in [4.78, 5) is 21.7. The van der Waals surface area contributed by atoms with Crippen LogP contribution < -0.4 is 10.1 Å². The Kier molecular flexibility index (Phi) is 7.65. The number of fused-ring (bicyclic) bond motifs is 3. The van der Waals surface area contributed by atoms with Crippen molar-refractivity contribution in [3.63, 3.8) is 0 Å². The van der Waals surface area contributed by atoms with Crippen molar-refractivity contribution in [3.8, 4) is 5.75 Å². The number of halogens is 1. The number of hydrogen-bond donors (Lipinski definition) is 2. The van der Waals surface area contributed by atoms with Crippen molar-refractivity contribution in [3.05, 3.63) is 65.0 Å². The molecule has 8 nitrogen and oxygen atoms in total. The van der Waals surface area contributed by atoms with Crippen LogP contribution >= 0.6 is 11.6 Å². The van der Waals surface area contributed by atoms with Crippen molar-refractivity contribution in [1.29, 1.82) is 0 Å². The number of benzene rings is 2. The number of amides is 1. The quantitative estimate of drug-likeness (QED) is 0.304. The van der Waals surface area contributed by atoms with E-state index in [0.717, 1.165) is 79.7 Å². The fourth-order valence-electron chi connectivity index (χ4n) is 6.88. The SMILES string of the molecule is O=C(NC1CCN(C[C@@H]2CCCN3CCOC[C@H]23)CC1)c1cc2c(OCc3coc4ccc(Cl)cc34)cccc2[nH]1. The number of nitrogens with zero attached hydrogens (tertiary/aromatic N) is 2. The lowest BCUT2D eigenvalue weighted by molar-refractivity contribution is -0.0553. The Labute approximate surface area is 244 Å². The second kappa shape index (κ2) is 11.7. The van der Waals surface area contributed by atoms with E-state index in [1.807, 2.05) is 42.5 Å². The lowest BCUT2D eigenvalue weighted by Crippen LogP contribution is -2.55. The maximum absolute atomic E-state index is 13.2. The van der Waals surface area contributed by atoms with Gasteiger partial charge in [-0.25, -0.2) is 0 Å². The van der Waals surface area contributed by atoms with Crippen LogP contribution in [0.25, 0.3) is 21.9 Å². The van der Waals surface area contributed by atoms with E-state index in [-0.39, 0.29) is 11.9 Å². The van der Waals surface area contributed by atoms with Crippen LogP contribution in [0.5, 0.6) is 5.75 Å². The normalized spacial score (nSPS) is 22.7. The molecule has 2 N–H and O–H groups in total. The Morgan fingerprint density at radius 1 is 1.07 bits per heavy atom. The molecule has 41 heavy (non-hydrogen) atoms. The smallest absolute Gasteiger partial charge is 0.267 e. The third-order valence-corrected chi connectivity index (χ3v) is 9.36. The van der Waals surface area contributed by atoms with E-state index < -0.39 is 0 Å². The van der Waals surface area contributed by atoms with E-state index in [4.69, 9.17) is 25.5 Å². The van der Waals surface area contributed by atoms with E-state index in [1.165, 1.54) is 19.4 Å². The van der Waals surface area contributed by atoms with Gasteiger partial charge in [0.05, 0.1) is 19.5 Å². The van der Waals surface area contributed by atoms with Gasteiger partial charge in [-0.05, 0) is 74.5 Å². The lowest BCUT2D eigenvalue weighted by Gasteiger charge is -2.46. The van der Waals surface area contributed by atoms with Gasteiger partial charge in [0.1, 0.15) is 23.6 Å². The number of carbonyl (C=O) groups is 1. The number of furan rings is 1. The zero-order chi connectivity index (χ0) is 27.8. The number of piperidine rings is 2. The van der Waals surface area contributed by atoms with Gasteiger partial charge in [0.2, 0.25) is 0 Å². The van der Waals surface area contributed by atoms with Crippen LogP contribution in [0, 0.1) is 5.92 Å². The molecule has 3 aliphatic heterocycles. The lowest BCUT2D eigenvalue weighted by atomic mass is 9.87. The maximum Gasteiger partial charge on any atom is 0.267 e. The van der Waals surface area contributed by atoms with Gasteiger partial charge in [-0.15, -0.1) is 0 Å². The molecule has 1 amide bonds. The second-order valence-corrected chi connectivity index (χ2v) is 12.2. The zero-order valence-electron chi connectivity index (χ0n) is 23.2. The number of H-pyrrole nitrogens is 1. The van der Waals surface area contributed by atoms with Gasteiger partial charge in [-0.2, -0.15) is 0 Å². The van der Waals surface area contributed by atoms with E-state index in [9.17, 15) is 4.79 Å². The number of nitrogens with one attached hydrogen (secondary N) is 2. The molecule has 0 unspecified atom stereocenters. The minimum absolute atomic E-state index is 0.0663. The molecule has 3 saturated heterocycles. The molecular formula is C32H37ClN4O4. The number of morpholine rings is 1. The average Bonchev–Trinajstić information content (AvgIpc) is 3.62. The molecule has 0 aliphatic carbocycles. The van der Waals surface area contributed by atoms with Gasteiger partial charge in [-0.3, -0.25) is 9.69 Å². The van der Waals surface area contributed by atoms with Gasteiger partial charge in [-0.1, -0.05) is 17.7 Å². The number of likely N-dealkylation sites (tertiary alicyclic amines) is 1. The predicted octanol–water partition coefficient (Wildman–Crippen LogP) is 5.45. The number of hydrogen-bond acceptors (Lipinski definition) is 6. The minimum atomic E-state index is -0.0663. The average molecular weight is 577 g/mol. The monoisotopic (exact) mass is 576 g/mol. The molecule has 0 radical (unpaired) electrons. The van der Waals surface area contributed by atoms with E-state index in [0.29, 0.717) is 35.0 Å². The van der Waals surface area contributed by atoms with Crippen LogP contribution in [0.2, 0.25) is 5.02 Å². The van der Waals surface area contributed by atoms with E-state index >= 15 is 0 Å². The van der Waals surface area contributed by atoms with Crippen molar-refractivity contribution < 1.29 is 18.7 Å². The zero-order valence-corrected chi connectivity index (χ0v) is 24.0. The first kappa shape index (κ1) is 26.8. The van der Waals surface area contributed by atoms with Gasteiger partial charge in [0, 0.05) is 65.1 Å². The van der Waals surface area contributed by atoms with Crippen molar-refractivity contribution in [2.24, 2.45) is 5.92 Å². The molecule has 5 heterocycles. The summed E-state index contributed by atoms with van der Waals surface area (Å²) in [6, 6.07) is 14.0. The molecule has 3 aliphatic rings. The Morgan fingerprint density at radius 3 is 2.88 bits per heavy atom. The standard InChI is InChI=1S/C32H37ClN4O4/c33-23-6-7-31-25(15-23)22(19-41-31)18-40-30-5-1-4-27-26(30)16-28(35-27)32(38)34-24-8-11-36(12-9-24)17-21-3-2-10-37-13-14-39-20-29(21)37/h1,4-7,15-16,19,21,24,29,35H,2-3,8-14,17-18,20H2,(H,34,38)/t21-,29+/m0/s1. The molecule has 9 heteroatoms. The maximum atomic E-state index is 13.2. The third kappa shape index (κ3) is 5.71. The minimum Gasteiger partial charge on any atom is -0.488 e. The van der Waals surface area contributed by atoms with Crippen LogP contribution in [0.3, 0.4) is 0 Å². The second-order valence-electron chi connectivity index (χ2n) is 11.7. The largest absolute Gasteiger partial charge is 0.488 e. The Balaban J connectivity index is 0.951. The highest BCUT2D eigenvalue weighted by atomic mass is 35.5. The Morgan fingerprint density at radius 2 is 1.98 bits per heavy atom. The van der Waals surface area contributed by atoms with Crippen LogP contribution in [-0.2, 0) is 11.3 Å². The summed E-state index contributed by atoms with van der Waals surface area (Å²) in [6.45, 7) is 7.56. The number of aromatic amines is 1. The van der Waals surface area contributed by atoms with Crippen molar-refractivity contribution in [2.75, 3.05) is 45.9 Å². The first-order valence-corrected chi connectivity index (χ1v) is 15.2. The fourth-order valence-corrected chi connectivity index (χ4v) is 7.05. The number of ether oxygens (including phenoxy) is 2. The van der Waals surface area contributed by atoms with Gasteiger partial charge < -0.3 is 29.1 Å². The summed E-state index contributed by atoms with van der Waals surface area (Å²) < 4.78 is 17.6. The summed E-state index contributed by atoms with van der Waals surface area (Å²) in [5, 5.41) is 5.75. The van der Waals surface area contributed by atoms with Crippen molar-refractivity contribution >= 4 is 39.4 Å². The Bertz CT molecular complexity index is 1520. The van der Waals surface area contributed by atoms with Crippen LogP contribution in [0.4, 0.5) is 0 Å². The summed E-state index contributed by atoms with van der Waals surface area (Å²) in [7, 11) is 0. The number of carbonyl (C=O) groups excluding carboxylic acids is 1. The van der Waals surface area contributed by atoms with Crippen molar-refractivity contribution in [1.82, 2.24) is 20.1 Å². The first-order valence-electron chi connectivity index (χ1n) is 14.9. The Hall–Kier alpha value is -3.04. The molecular weight excluding hydrogens is 540 g/mol. The molecule has 0 saturated carbocycles. The van der Waals surface area contributed by atoms with Crippen molar-refractivity contribution in [2.45, 2.75) is 44.4 Å². The highest BCUT2D eigenvalue weighted by Gasteiger charge is 2.35. The van der Waals surface area contributed by atoms with Gasteiger partial charge >= 0.3 is 0 Å². The number of aromatic nitrogens is 1. The molecule has 2 atom stereocenters. The molecule has 216 valence electrons. The molecule has 4 aromatic rings. The van der Waals surface area contributed by atoms with Gasteiger partial charge in [0.15, 0.2) is 0 Å². The molecule has 0 spiro atoms. The predicted molar refractivity (Wildman–Crippen MR) is 160 cm³/mol. The fraction of sp³-hybridized carbons (Fsp3) is 0.469. The summed E-state index contributed by atoms with van der Waals surface area (Å²) >= 11 is 6.18. The molecule has 2 aromatic carbocycles. The summed E-state index contributed by atoms with van der Waals surface area (Å²) in [5.74, 6) is 1.33. The van der Waals surface area contributed by atoms with Crippen LogP contribution in [0.15, 0.2) is 53.1 Å². The number of rotatable bonds is 7. The first-order chi connectivity index (χ1) is 20.1. The highest BCUT2D eigenvalue weighted by molar-refractivity contribution is 6.31. The van der Waals surface area contributed by atoms with Crippen LogP contribution in [-0.4, -0.2) is 78.7 Å². The topological polar surface area (TPSA) is 83.0 Å². The van der Waals surface area contributed by atoms with Gasteiger partial charge in [0.25, 0.3) is 5.91 Å². The molecule has 3 fully saturated rings. The van der Waals surface area contributed by atoms with E-state index in [1.54, 1.807) is 6.26 Å². The summed E-state index contributed by atoms with van der Waals surface area (Å²) in [5.41, 5.74) is 3.12. The van der Waals surface area contributed by atoms with Crippen LogP contribution in [0.1, 0.15) is 41.7 Å². The molecule has 0 bridgehead atoms. The third-order valence-electron chi connectivity index (χ3n) is 9.13.